The van der Waals surface area contributed by atoms with Crippen LogP contribution in [0.2, 0.25) is 0 Å². The molecule has 1 atom stereocenters. The lowest BCUT2D eigenvalue weighted by atomic mass is 10.0. The maximum Gasteiger partial charge on any atom is 0.433 e. The van der Waals surface area contributed by atoms with Crippen molar-refractivity contribution >= 4 is 5.69 Å². The van der Waals surface area contributed by atoms with Gasteiger partial charge in [-0.05, 0) is 38.8 Å². The molecule has 0 N–H and O–H groups in total. The topological polar surface area (TPSA) is 34.0 Å². The van der Waals surface area contributed by atoms with E-state index in [0.717, 1.165) is 42.4 Å². The Morgan fingerprint density at radius 2 is 2.00 bits per heavy atom. The number of hydrogen-bond acceptors (Lipinski definition) is 3. The number of hydrogen-bond donors (Lipinski definition) is 0. The van der Waals surface area contributed by atoms with Gasteiger partial charge in [-0.3, -0.25) is 9.67 Å². The third kappa shape index (κ3) is 2.80. The molecule has 23 heavy (non-hydrogen) atoms. The van der Waals surface area contributed by atoms with Crippen LogP contribution in [0.5, 0.6) is 0 Å². The number of alkyl halides is 3. The highest BCUT2D eigenvalue weighted by molar-refractivity contribution is 5.51. The molecule has 0 aromatic carbocycles. The molecule has 1 fully saturated rings. The molecule has 2 aromatic heterocycles. The molecule has 0 radical (unpaired) electrons. The van der Waals surface area contributed by atoms with Crippen molar-refractivity contribution in [3.05, 3.63) is 41.0 Å². The first-order valence-electron chi connectivity index (χ1n) is 7.59. The molecule has 3 heterocycles. The largest absolute Gasteiger partial charge is 0.433 e. The molecular formula is C16H19F3N4. The molecule has 2 aromatic rings. The minimum Gasteiger partial charge on any atom is -0.364 e. The summed E-state index contributed by atoms with van der Waals surface area (Å²) in [4.78, 5) is 5.49. The molecule has 0 spiro atoms. The van der Waals surface area contributed by atoms with E-state index >= 15 is 0 Å². The maximum atomic E-state index is 12.9. The Labute approximate surface area is 132 Å². The molecule has 3 rings (SSSR count). The Balaban J connectivity index is 1.99. The molecule has 1 aliphatic rings. The molecule has 4 nitrogen and oxygen atoms in total. The molecule has 0 saturated carbocycles. The van der Waals surface area contributed by atoms with E-state index in [1.807, 2.05) is 30.5 Å². The predicted molar refractivity (Wildman–Crippen MR) is 81.2 cm³/mol. The molecule has 1 aliphatic heterocycles. The van der Waals surface area contributed by atoms with E-state index in [9.17, 15) is 13.2 Å². The van der Waals surface area contributed by atoms with Crippen LogP contribution < -0.4 is 4.90 Å². The van der Waals surface area contributed by atoms with Gasteiger partial charge in [0.1, 0.15) is 5.69 Å². The average Bonchev–Trinajstić information content (AvgIpc) is 3.04. The molecule has 7 heteroatoms. The predicted octanol–water partition coefficient (Wildman–Crippen LogP) is 3.79. The van der Waals surface area contributed by atoms with Gasteiger partial charge in [0.15, 0.2) is 0 Å². The Bertz CT molecular complexity index is 721. The van der Waals surface area contributed by atoms with Crippen molar-refractivity contribution in [2.75, 3.05) is 11.4 Å². The van der Waals surface area contributed by atoms with Gasteiger partial charge in [0.2, 0.25) is 0 Å². The monoisotopic (exact) mass is 324 g/mol. The minimum atomic E-state index is -4.43. The second-order valence-corrected chi connectivity index (χ2v) is 5.96. The van der Waals surface area contributed by atoms with Crippen molar-refractivity contribution in [1.29, 1.82) is 0 Å². The van der Waals surface area contributed by atoms with E-state index in [1.54, 1.807) is 6.07 Å². The number of aromatic nitrogens is 3. The van der Waals surface area contributed by atoms with Crippen molar-refractivity contribution < 1.29 is 13.2 Å². The van der Waals surface area contributed by atoms with Gasteiger partial charge in [-0.2, -0.15) is 18.3 Å². The van der Waals surface area contributed by atoms with Crippen LogP contribution in [0.15, 0.2) is 18.3 Å². The summed E-state index contributed by atoms with van der Waals surface area (Å²) in [6, 6.07) is 2.85. The van der Waals surface area contributed by atoms with Crippen LogP contribution in [0.1, 0.15) is 41.5 Å². The Kier molecular flexibility index (Phi) is 3.82. The fourth-order valence-corrected chi connectivity index (χ4v) is 3.40. The second-order valence-electron chi connectivity index (χ2n) is 5.96. The van der Waals surface area contributed by atoms with Crippen LogP contribution in [-0.2, 0) is 13.2 Å². The van der Waals surface area contributed by atoms with Gasteiger partial charge in [0.25, 0.3) is 0 Å². The lowest BCUT2D eigenvalue weighted by molar-refractivity contribution is -0.141. The van der Waals surface area contributed by atoms with Gasteiger partial charge in [-0.15, -0.1) is 0 Å². The maximum absolute atomic E-state index is 12.9. The van der Waals surface area contributed by atoms with Gasteiger partial charge in [0, 0.05) is 36.7 Å². The number of halogens is 3. The summed E-state index contributed by atoms with van der Waals surface area (Å²) in [6.07, 6.45) is -1.33. The van der Waals surface area contributed by atoms with Crippen LogP contribution in [0, 0.1) is 13.8 Å². The Morgan fingerprint density at radius 3 is 2.61 bits per heavy atom. The SMILES string of the molecule is Cc1nn(C)c(C)c1[C@H]1CCCN1c1ccnc(C(F)(F)F)c1. The third-order valence-corrected chi connectivity index (χ3v) is 4.52. The summed E-state index contributed by atoms with van der Waals surface area (Å²) in [5.74, 6) is 0. The highest BCUT2D eigenvalue weighted by atomic mass is 19.4. The average molecular weight is 324 g/mol. The lowest BCUT2D eigenvalue weighted by Crippen LogP contribution is -2.24. The normalized spacial score (nSPS) is 18.7. The first-order chi connectivity index (χ1) is 10.8. The summed E-state index contributed by atoms with van der Waals surface area (Å²) < 4.78 is 40.6. The molecule has 0 bridgehead atoms. The van der Waals surface area contributed by atoms with Crippen LogP contribution in [0.3, 0.4) is 0 Å². The number of pyridine rings is 1. The molecule has 124 valence electrons. The fraction of sp³-hybridized carbons (Fsp3) is 0.500. The summed E-state index contributed by atoms with van der Waals surface area (Å²) >= 11 is 0. The van der Waals surface area contributed by atoms with Crippen LogP contribution in [0.4, 0.5) is 18.9 Å². The van der Waals surface area contributed by atoms with Crippen molar-refractivity contribution in [3.8, 4) is 0 Å². The van der Waals surface area contributed by atoms with E-state index < -0.39 is 11.9 Å². The number of aryl methyl sites for hydroxylation is 2. The zero-order valence-electron chi connectivity index (χ0n) is 13.4. The number of rotatable bonds is 2. The second kappa shape index (κ2) is 5.54. The smallest absolute Gasteiger partial charge is 0.364 e. The fourth-order valence-electron chi connectivity index (χ4n) is 3.40. The first-order valence-corrected chi connectivity index (χ1v) is 7.59. The molecular weight excluding hydrogens is 305 g/mol. The van der Waals surface area contributed by atoms with E-state index in [4.69, 9.17) is 0 Å². The van der Waals surface area contributed by atoms with Crippen LogP contribution in [0.25, 0.3) is 0 Å². The van der Waals surface area contributed by atoms with Crippen molar-refractivity contribution in [2.45, 2.75) is 38.9 Å². The Hall–Kier alpha value is -2.05. The minimum absolute atomic E-state index is 0.0622. The quantitative estimate of drug-likeness (QED) is 0.843. The van der Waals surface area contributed by atoms with Gasteiger partial charge >= 0.3 is 6.18 Å². The molecule has 1 saturated heterocycles. The molecule has 0 amide bonds. The van der Waals surface area contributed by atoms with Crippen molar-refractivity contribution in [2.24, 2.45) is 7.05 Å². The highest BCUT2D eigenvalue weighted by Gasteiger charge is 2.35. The third-order valence-electron chi connectivity index (χ3n) is 4.52. The summed E-state index contributed by atoms with van der Waals surface area (Å²) in [7, 11) is 1.89. The first kappa shape index (κ1) is 15.8. The summed E-state index contributed by atoms with van der Waals surface area (Å²) in [5, 5.41) is 4.44. The van der Waals surface area contributed by atoms with Gasteiger partial charge in [0.05, 0.1) is 11.7 Å². The van der Waals surface area contributed by atoms with E-state index in [1.165, 1.54) is 6.20 Å². The van der Waals surface area contributed by atoms with Crippen molar-refractivity contribution in [3.63, 3.8) is 0 Å². The summed E-state index contributed by atoms with van der Waals surface area (Å²) in [6.45, 7) is 4.69. The Morgan fingerprint density at radius 1 is 1.26 bits per heavy atom. The number of nitrogens with zero attached hydrogens (tertiary/aromatic N) is 4. The van der Waals surface area contributed by atoms with E-state index in [0.29, 0.717) is 5.69 Å². The lowest BCUT2D eigenvalue weighted by Gasteiger charge is -2.28. The summed E-state index contributed by atoms with van der Waals surface area (Å²) in [5.41, 5.74) is 2.84. The zero-order valence-corrected chi connectivity index (χ0v) is 13.4. The van der Waals surface area contributed by atoms with Gasteiger partial charge in [-0.25, -0.2) is 0 Å². The van der Waals surface area contributed by atoms with E-state index in [-0.39, 0.29) is 6.04 Å². The highest BCUT2D eigenvalue weighted by Crippen LogP contribution is 2.39. The van der Waals surface area contributed by atoms with Gasteiger partial charge in [-0.1, -0.05) is 0 Å². The molecule has 0 aliphatic carbocycles. The standard InChI is InChI=1S/C16H19F3N4/c1-10-15(11(2)22(3)21-10)13-5-4-8-23(13)12-6-7-20-14(9-12)16(17,18)19/h6-7,9,13H,4-5,8H2,1-3H3/t13-/m1/s1. The van der Waals surface area contributed by atoms with Crippen LogP contribution >= 0.6 is 0 Å². The van der Waals surface area contributed by atoms with Gasteiger partial charge < -0.3 is 4.90 Å². The number of anilines is 1. The molecule has 0 unspecified atom stereocenters. The van der Waals surface area contributed by atoms with Crippen LogP contribution in [-0.4, -0.2) is 21.3 Å². The van der Waals surface area contributed by atoms with Crippen molar-refractivity contribution in [1.82, 2.24) is 14.8 Å². The zero-order chi connectivity index (χ0) is 16.8. The van der Waals surface area contributed by atoms with E-state index in [2.05, 4.69) is 10.1 Å².